The van der Waals surface area contributed by atoms with E-state index in [1.165, 1.54) is 12.4 Å². The number of nitro groups is 1. The van der Waals surface area contributed by atoms with Crippen molar-refractivity contribution in [2.75, 3.05) is 11.9 Å². The smallest absolute Gasteiger partial charge is 0.293 e. The summed E-state index contributed by atoms with van der Waals surface area (Å²) in [5, 5.41) is 29.2. The molecule has 2 N–H and O–H groups in total. The van der Waals surface area contributed by atoms with Gasteiger partial charge in [-0.1, -0.05) is 0 Å². The van der Waals surface area contributed by atoms with Crippen LogP contribution in [0.25, 0.3) is 0 Å². The average Bonchev–Trinajstić information content (AvgIpc) is 2.96. The molecule has 0 amide bonds. The molecule has 0 saturated heterocycles. The summed E-state index contributed by atoms with van der Waals surface area (Å²) in [5.74, 6) is 0.779. The second kappa shape index (κ2) is 6.29. The van der Waals surface area contributed by atoms with Gasteiger partial charge in [0.2, 0.25) is 0 Å². The first-order valence-electron chi connectivity index (χ1n) is 5.97. The van der Waals surface area contributed by atoms with Crippen LogP contribution in [0.1, 0.15) is 17.8 Å². The van der Waals surface area contributed by atoms with Crippen LogP contribution in [-0.2, 0) is 6.42 Å². The van der Waals surface area contributed by atoms with Gasteiger partial charge in [0.05, 0.1) is 16.6 Å². The van der Waals surface area contributed by atoms with Crippen LogP contribution in [0.3, 0.4) is 0 Å². The van der Waals surface area contributed by atoms with Crippen molar-refractivity contribution in [1.29, 1.82) is 5.26 Å². The Kier molecular flexibility index (Phi) is 4.24. The zero-order valence-electron chi connectivity index (χ0n) is 10.5. The van der Waals surface area contributed by atoms with Crippen molar-refractivity contribution in [3.8, 4) is 6.07 Å². The van der Waals surface area contributed by atoms with E-state index in [4.69, 9.17) is 5.26 Å². The van der Waals surface area contributed by atoms with E-state index in [0.717, 1.165) is 12.2 Å². The number of aromatic nitrogens is 3. The van der Waals surface area contributed by atoms with Gasteiger partial charge in [0.1, 0.15) is 17.8 Å². The molecule has 0 spiro atoms. The minimum atomic E-state index is -0.500. The Bertz CT molecular complexity index is 632. The first-order chi connectivity index (χ1) is 9.70. The minimum Gasteiger partial charge on any atom is -0.379 e. The van der Waals surface area contributed by atoms with Crippen LogP contribution in [0.5, 0.6) is 0 Å². The summed E-state index contributed by atoms with van der Waals surface area (Å²) in [6.07, 6.45) is 2.90. The number of hydrogen-bond acceptors (Lipinski definition) is 6. The van der Waals surface area contributed by atoms with Gasteiger partial charge in [-0.2, -0.15) is 10.4 Å². The van der Waals surface area contributed by atoms with Crippen molar-refractivity contribution in [2.24, 2.45) is 0 Å². The lowest BCUT2D eigenvalue weighted by atomic mass is 10.2. The molecule has 0 aliphatic carbocycles. The molecule has 0 radical (unpaired) electrons. The Hall–Kier alpha value is -2.95. The lowest BCUT2D eigenvalue weighted by Crippen LogP contribution is -2.06. The molecule has 0 aliphatic heterocycles. The van der Waals surface area contributed by atoms with E-state index in [-0.39, 0.29) is 11.3 Å². The summed E-state index contributed by atoms with van der Waals surface area (Å²) in [4.78, 5) is 14.4. The molecule has 8 heteroatoms. The summed E-state index contributed by atoms with van der Waals surface area (Å²) in [6, 6.07) is 6.24. The van der Waals surface area contributed by atoms with Crippen LogP contribution < -0.4 is 5.32 Å². The predicted octanol–water partition coefficient (Wildman–Crippen LogP) is 1.63. The summed E-state index contributed by atoms with van der Waals surface area (Å²) in [5.41, 5.74) is 0.583. The number of hydrogen-bond donors (Lipinski definition) is 2. The molecule has 0 saturated carbocycles. The minimum absolute atomic E-state index is 0.0938. The number of rotatable bonds is 6. The molecule has 0 atom stereocenters. The van der Waals surface area contributed by atoms with E-state index in [1.54, 1.807) is 12.1 Å². The van der Waals surface area contributed by atoms with Crippen molar-refractivity contribution >= 4 is 11.4 Å². The third-order valence-electron chi connectivity index (χ3n) is 2.69. The Morgan fingerprint density at radius 3 is 3.00 bits per heavy atom. The van der Waals surface area contributed by atoms with Crippen LogP contribution in [0.4, 0.5) is 11.4 Å². The molecular weight excluding hydrogens is 260 g/mol. The van der Waals surface area contributed by atoms with Gasteiger partial charge in [-0.05, 0) is 18.6 Å². The number of benzene rings is 1. The van der Waals surface area contributed by atoms with Gasteiger partial charge in [0, 0.05) is 19.0 Å². The maximum Gasteiger partial charge on any atom is 0.293 e. The third-order valence-corrected chi connectivity index (χ3v) is 2.69. The molecule has 2 rings (SSSR count). The Morgan fingerprint density at radius 2 is 2.35 bits per heavy atom. The van der Waals surface area contributed by atoms with Gasteiger partial charge in [0.25, 0.3) is 5.69 Å². The van der Waals surface area contributed by atoms with E-state index in [0.29, 0.717) is 18.7 Å². The zero-order chi connectivity index (χ0) is 14.4. The second-order valence-corrected chi connectivity index (χ2v) is 4.06. The monoisotopic (exact) mass is 272 g/mol. The first kappa shape index (κ1) is 13.5. The van der Waals surface area contributed by atoms with Crippen molar-refractivity contribution in [1.82, 2.24) is 15.2 Å². The quantitative estimate of drug-likeness (QED) is 0.468. The average molecular weight is 272 g/mol. The fourth-order valence-electron chi connectivity index (χ4n) is 1.73. The molecule has 2 aromatic rings. The highest BCUT2D eigenvalue weighted by atomic mass is 16.6. The SMILES string of the molecule is N#Cc1ccc(NCCCc2ncn[nH]2)c([N+](=O)[O-])c1. The van der Waals surface area contributed by atoms with E-state index in [9.17, 15) is 10.1 Å². The molecule has 102 valence electrons. The molecule has 20 heavy (non-hydrogen) atoms. The van der Waals surface area contributed by atoms with Gasteiger partial charge in [-0.15, -0.1) is 0 Å². The number of nitriles is 1. The third kappa shape index (κ3) is 3.29. The fraction of sp³-hybridized carbons (Fsp3) is 0.250. The lowest BCUT2D eigenvalue weighted by molar-refractivity contribution is -0.384. The maximum atomic E-state index is 10.9. The highest BCUT2D eigenvalue weighted by Crippen LogP contribution is 2.25. The van der Waals surface area contributed by atoms with E-state index in [1.807, 2.05) is 6.07 Å². The summed E-state index contributed by atoms with van der Waals surface area (Å²) in [7, 11) is 0. The number of aryl methyl sites for hydroxylation is 1. The number of H-pyrrole nitrogens is 1. The van der Waals surface area contributed by atoms with E-state index >= 15 is 0 Å². The van der Waals surface area contributed by atoms with E-state index in [2.05, 4.69) is 20.5 Å². The number of nitrogens with one attached hydrogen (secondary N) is 2. The Balaban J connectivity index is 1.95. The molecule has 0 fully saturated rings. The molecule has 8 nitrogen and oxygen atoms in total. The van der Waals surface area contributed by atoms with Crippen LogP contribution in [0, 0.1) is 21.4 Å². The largest absolute Gasteiger partial charge is 0.379 e. The van der Waals surface area contributed by atoms with Crippen molar-refractivity contribution < 1.29 is 4.92 Å². The number of anilines is 1. The topological polar surface area (TPSA) is 121 Å². The van der Waals surface area contributed by atoms with E-state index < -0.39 is 4.92 Å². The molecule has 0 aliphatic rings. The highest BCUT2D eigenvalue weighted by molar-refractivity contribution is 5.63. The van der Waals surface area contributed by atoms with Crippen molar-refractivity contribution in [3.63, 3.8) is 0 Å². The van der Waals surface area contributed by atoms with Gasteiger partial charge in [0.15, 0.2) is 0 Å². The molecule has 0 unspecified atom stereocenters. The van der Waals surface area contributed by atoms with Crippen LogP contribution >= 0.6 is 0 Å². The molecule has 1 aromatic heterocycles. The Morgan fingerprint density at radius 1 is 1.50 bits per heavy atom. The number of nitro benzene ring substituents is 1. The standard InChI is InChI=1S/C12H12N6O2/c13-7-9-3-4-10(11(6-9)18(19)20)14-5-1-2-12-15-8-16-17-12/h3-4,6,8,14H,1-2,5H2,(H,15,16,17). The van der Waals surface area contributed by atoms with Gasteiger partial charge >= 0.3 is 0 Å². The predicted molar refractivity (Wildman–Crippen MR) is 71.0 cm³/mol. The molecule has 0 bridgehead atoms. The van der Waals surface area contributed by atoms with Crippen molar-refractivity contribution in [2.45, 2.75) is 12.8 Å². The second-order valence-electron chi connectivity index (χ2n) is 4.06. The fourth-order valence-corrected chi connectivity index (χ4v) is 1.73. The van der Waals surface area contributed by atoms with Crippen LogP contribution in [-0.4, -0.2) is 26.6 Å². The van der Waals surface area contributed by atoms with Gasteiger partial charge in [-0.25, -0.2) is 4.98 Å². The lowest BCUT2D eigenvalue weighted by Gasteiger charge is -2.06. The highest BCUT2D eigenvalue weighted by Gasteiger charge is 2.14. The summed E-state index contributed by atoms with van der Waals surface area (Å²) < 4.78 is 0. The zero-order valence-corrected chi connectivity index (χ0v) is 10.5. The summed E-state index contributed by atoms with van der Waals surface area (Å²) >= 11 is 0. The molecule has 1 heterocycles. The maximum absolute atomic E-state index is 10.9. The normalized spacial score (nSPS) is 9.95. The van der Waals surface area contributed by atoms with Gasteiger partial charge in [-0.3, -0.25) is 15.2 Å². The van der Waals surface area contributed by atoms with Crippen LogP contribution in [0.2, 0.25) is 0 Å². The Labute approximate surface area is 114 Å². The molecular formula is C12H12N6O2. The van der Waals surface area contributed by atoms with Gasteiger partial charge < -0.3 is 5.32 Å². The van der Waals surface area contributed by atoms with Crippen molar-refractivity contribution in [3.05, 3.63) is 46.0 Å². The summed E-state index contributed by atoms with van der Waals surface area (Å²) in [6.45, 7) is 0.563. The van der Waals surface area contributed by atoms with Crippen LogP contribution in [0.15, 0.2) is 24.5 Å². The number of nitrogens with zero attached hydrogens (tertiary/aromatic N) is 4. The first-order valence-corrected chi connectivity index (χ1v) is 5.97. The molecule has 1 aromatic carbocycles. The number of aromatic amines is 1.